The van der Waals surface area contributed by atoms with Crippen LogP contribution in [-0.4, -0.2) is 9.38 Å². The molecule has 0 fully saturated rings. The van der Waals surface area contributed by atoms with Crippen molar-refractivity contribution in [3.63, 3.8) is 0 Å². The lowest BCUT2D eigenvalue weighted by Crippen LogP contribution is -2.11. The van der Waals surface area contributed by atoms with E-state index in [0.29, 0.717) is 0 Å². The molecule has 0 aliphatic heterocycles. The van der Waals surface area contributed by atoms with Gasteiger partial charge in [0.05, 0.1) is 17.9 Å². The van der Waals surface area contributed by atoms with Gasteiger partial charge in [-0.3, -0.25) is 4.40 Å². The second kappa shape index (κ2) is 5.19. The monoisotopic (exact) mass is 299 g/mol. The van der Waals surface area contributed by atoms with Crippen molar-refractivity contribution in [1.82, 2.24) is 9.38 Å². The first kappa shape index (κ1) is 14.1. The topological polar surface area (TPSA) is 29.3 Å². The Morgan fingerprint density at radius 3 is 2.57 bits per heavy atom. The molecule has 0 spiro atoms. The first-order valence-corrected chi connectivity index (χ1v) is 8.08. The highest BCUT2D eigenvalue weighted by Crippen LogP contribution is 2.24. The molecular weight excluding hydrogens is 278 g/mol. The number of anilines is 1. The highest BCUT2D eigenvalue weighted by Gasteiger charge is 2.13. The number of fused-ring (bicyclic) bond motifs is 1. The molecule has 0 bridgehead atoms. The highest BCUT2D eigenvalue weighted by atomic mass is 32.1. The summed E-state index contributed by atoms with van der Waals surface area (Å²) in [5.74, 6) is 0. The predicted octanol–water partition coefficient (Wildman–Crippen LogP) is 4.61. The lowest BCUT2D eigenvalue weighted by molar-refractivity contribution is 0.590. The van der Waals surface area contributed by atoms with E-state index in [-0.39, 0.29) is 5.41 Å². The molecule has 0 radical (unpaired) electrons. The van der Waals surface area contributed by atoms with Crippen molar-refractivity contribution in [2.24, 2.45) is 0 Å². The van der Waals surface area contributed by atoms with Crippen LogP contribution >= 0.6 is 11.3 Å². The number of hydrogen-bond donors (Lipinski definition) is 1. The summed E-state index contributed by atoms with van der Waals surface area (Å²) < 4.78 is 2.16. The van der Waals surface area contributed by atoms with Crippen LogP contribution in [0.1, 0.15) is 37.7 Å². The van der Waals surface area contributed by atoms with Gasteiger partial charge in [-0.2, -0.15) is 0 Å². The lowest BCUT2D eigenvalue weighted by Gasteiger charge is -2.19. The zero-order valence-electron chi connectivity index (χ0n) is 13.0. The summed E-state index contributed by atoms with van der Waals surface area (Å²) in [6.07, 6.45) is 2.08. The van der Waals surface area contributed by atoms with Gasteiger partial charge in [-0.1, -0.05) is 32.9 Å². The van der Waals surface area contributed by atoms with Crippen LogP contribution in [0.4, 0.5) is 5.69 Å². The normalized spacial score (nSPS) is 12.0. The number of nitrogens with zero attached hydrogens (tertiary/aromatic N) is 2. The predicted molar refractivity (Wildman–Crippen MR) is 90.3 cm³/mol. The van der Waals surface area contributed by atoms with Crippen molar-refractivity contribution < 1.29 is 0 Å². The quantitative estimate of drug-likeness (QED) is 0.765. The minimum absolute atomic E-state index is 0.198. The molecule has 0 unspecified atom stereocenters. The Morgan fingerprint density at radius 1 is 1.19 bits per heavy atom. The molecule has 1 aromatic carbocycles. The maximum atomic E-state index is 4.57. The molecule has 0 saturated heterocycles. The van der Waals surface area contributed by atoms with Gasteiger partial charge in [0.1, 0.15) is 0 Å². The standard InChI is InChI=1S/C17H21N3S/c1-12-15(20-9-10-21-16(20)19-12)11-18-14-7-5-13(6-8-14)17(2,3)4/h5-10,18H,11H2,1-4H3. The van der Waals surface area contributed by atoms with Crippen LogP contribution < -0.4 is 5.32 Å². The van der Waals surface area contributed by atoms with Crippen molar-refractivity contribution in [1.29, 1.82) is 0 Å². The van der Waals surface area contributed by atoms with Gasteiger partial charge in [-0.05, 0) is 30.0 Å². The molecule has 0 amide bonds. The van der Waals surface area contributed by atoms with E-state index in [4.69, 9.17) is 0 Å². The van der Waals surface area contributed by atoms with Gasteiger partial charge in [0.25, 0.3) is 0 Å². The van der Waals surface area contributed by atoms with Gasteiger partial charge >= 0.3 is 0 Å². The molecule has 110 valence electrons. The van der Waals surface area contributed by atoms with E-state index in [2.05, 4.69) is 78.2 Å². The largest absolute Gasteiger partial charge is 0.379 e. The average Bonchev–Trinajstić information content (AvgIpc) is 2.97. The molecule has 2 aromatic heterocycles. The summed E-state index contributed by atoms with van der Waals surface area (Å²) in [5.41, 5.74) is 5.02. The zero-order chi connectivity index (χ0) is 15.0. The molecule has 3 rings (SSSR count). The van der Waals surface area contributed by atoms with Crippen LogP contribution in [0.2, 0.25) is 0 Å². The fourth-order valence-corrected chi connectivity index (χ4v) is 3.21. The zero-order valence-corrected chi connectivity index (χ0v) is 13.8. The number of benzene rings is 1. The number of aryl methyl sites for hydroxylation is 1. The molecule has 4 heteroatoms. The fraction of sp³-hybridized carbons (Fsp3) is 0.353. The van der Waals surface area contributed by atoms with Crippen LogP contribution in [0.15, 0.2) is 35.8 Å². The number of hydrogen-bond acceptors (Lipinski definition) is 3. The van der Waals surface area contributed by atoms with Crippen molar-refractivity contribution in [3.05, 3.63) is 52.8 Å². The van der Waals surface area contributed by atoms with Gasteiger partial charge in [0, 0.05) is 17.3 Å². The fourth-order valence-electron chi connectivity index (χ4n) is 2.43. The Kier molecular flexibility index (Phi) is 3.49. The van der Waals surface area contributed by atoms with Gasteiger partial charge in [-0.25, -0.2) is 4.98 Å². The van der Waals surface area contributed by atoms with Crippen molar-refractivity contribution in [2.75, 3.05) is 5.32 Å². The van der Waals surface area contributed by atoms with Gasteiger partial charge in [0.15, 0.2) is 4.96 Å². The molecule has 1 N–H and O–H groups in total. The molecule has 0 atom stereocenters. The minimum Gasteiger partial charge on any atom is -0.379 e. The maximum absolute atomic E-state index is 4.57. The third-order valence-electron chi connectivity index (χ3n) is 3.77. The molecule has 0 saturated carbocycles. The molecule has 2 heterocycles. The third-order valence-corrected chi connectivity index (χ3v) is 4.53. The smallest absolute Gasteiger partial charge is 0.194 e. The van der Waals surface area contributed by atoms with Crippen LogP contribution in [0.3, 0.4) is 0 Å². The Hall–Kier alpha value is -1.81. The second-order valence-electron chi connectivity index (χ2n) is 6.38. The molecular formula is C17H21N3S. The Labute approximate surface area is 129 Å². The number of rotatable bonds is 3. The third kappa shape index (κ3) is 2.81. The van der Waals surface area contributed by atoms with Crippen LogP contribution in [0.25, 0.3) is 4.96 Å². The van der Waals surface area contributed by atoms with Crippen molar-refractivity contribution in [3.8, 4) is 0 Å². The summed E-state index contributed by atoms with van der Waals surface area (Å²) in [7, 11) is 0. The van der Waals surface area contributed by atoms with Crippen molar-refractivity contribution in [2.45, 2.75) is 39.7 Å². The van der Waals surface area contributed by atoms with Crippen LogP contribution in [-0.2, 0) is 12.0 Å². The summed E-state index contributed by atoms with van der Waals surface area (Å²) in [4.78, 5) is 5.64. The second-order valence-corrected chi connectivity index (χ2v) is 7.25. The first-order chi connectivity index (χ1) is 9.95. The number of imidazole rings is 1. The Morgan fingerprint density at radius 2 is 1.90 bits per heavy atom. The summed E-state index contributed by atoms with van der Waals surface area (Å²) >= 11 is 1.67. The van der Waals surface area contributed by atoms with Crippen LogP contribution in [0.5, 0.6) is 0 Å². The molecule has 21 heavy (non-hydrogen) atoms. The Balaban J connectivity index is 1.76. The van der Waals surface area contributed by atoms with Gasteiger partial charge in [-0.15, -0.1) is 11.3 Å². The number of thiazole rings is 1. The molecule has 3 aromatic rings. The average molecular weight is 299 g/mol. The summed E-state index contributed by atoms with van der Waals surface area (Å²) in [5, 5.41) is 5.57. The van der Waals surface area contributed by atoms with E-state index >= 15 is 0 Å². The number of aromatic nitrogens is 2. The van der Waals surface area contributed by atoms with E-state index in [1.807, 2.05) is 0 Å². The highest BCUT2D eigenvalue weighted by molar-refractivity contribution is 7.15. The molecule has 0 aliphatic rings. The Bertz CT molecular complexity index is 745. The maximum Gasteiger partial charge on any atom is 0.194 e. The van der Waals surface area contributed by atoms with E-state index in [0.717, 1.165) is 22.9 Å². The SMILES string of the molecule is Cc1nc2sccn2c1CNc1ccc(C(C)(C)C)cc1. The van der Waals surface area contributed by atoms with Crippen LogP contribution in [0, 0.1) is 6.92 Å². The van der Waals surface area contributed by atoms with E-state index in [1.54, 1.807) is 11.3 Å². The van der Waals surface area contributed by atoms with E-state index in [9.17, 15) is 0 Å². The van der Waals surface area contributed by atoms with Gasteiger partial charge < -0.3 is 5.32 Å². The van der Waals surface area contributed by atoms with Gasteiger partial charge in [0.2, 0.25) is 0 Å². The summed E-state index contributed by atoms with van der Waals surface area (Å²) in [6.45, 7) is 9.56. The summed E-state index contributed by atoms with van der Waals surface area (Å²) in [6, 6.07) is 8.71. The first-order valence-electron chi connectivity index (χ1n) is 7.20. The van der Waals surface area contributed by atoms with E-state index in [1.165, 1.54) is 11.3 Å². The minimum atomic E-state index is 0.198. The molecule has 0 aliphatic carbocycles. The molecule has 3 nitrogen and oxygen atoms in total. The van der Waals surface area contributed by atoms with E-state index < -0.39 is 0 Å². The lowest BCUT2D eigenvalue weighted by atomic mass is 9.87. The van der Waals surface area contributed by atoms with Crippen molar-refractivity contribution >= 4 is 22.0 Å². The number of nitrogens with one attached hydrogen (secondary N) is 1.